The molecule has 0 unspecified atom stereocenters. The normalized spacial score (nSPS) is 13.3. The van der Waals surface area contributed by atoms with Crippen LogP contribution in [0, 0.1) is 5.41 Å². The minimum atomic E-state index is -0.511. The second-order valence-corrected chi connectivity index (χ2v) is 7.87. The number of urea groups is 1. The first-order valence-electron chi connectivity index (χ1n) is 10.5. The molecular formula is C24H23ClN6O3. The first kappa shape index (κ1) is 23.1. The third kappa shape index (κ3) is 5.28. The van der Waals surface area contributed by atoms with Crippen LogP contribution in [0.3, 0.4) is 0 Å². The average Bonchev–Trinajstić information content (AvgIpc) is 2.84. The van der Waals surface area contributed by atoms with E-state index < -0.39 is 6.03 Å². The number of hydrogen-bond acceptors (Lipinski definition) is 5. The molecule has 0 spiro atoms. The molecule has 3 amide bonds. The molecule has 174 valence electrons. The molecule has 10 heteroatoms. The number of nitrogens with zero attached hydrogens (tertiary/aromatic N) is 2. The number of morpholine rings is 1. The number of halogens is 1. The molecule has 4 rings (SSSR count). The van der Waals surface area contributed by atoms with Crippen LogP contribution in [0.2, 0.25) is 5.02 Å². The lowest BCUT2D eigenvalue weighted by Crippen LogP contribution is -2.42. The molecule has 34 heavy (non-hydrogen) atoms. The van der Waals surface area contributed by atoms with Gasteiger partial charge in [-0.05, 0) is 42.5 Å². The van der Waals surface area contributed by atoms with E-state index in [9.17, 15) is 9.59 Å². The second-order valence-electron chi connectivity index (χ2n) is 7.47. The number of ether oxygens (including phenoxy) is 1. The number of carbonyl (C=O) groups excluding carboxylic acids is 2. The van der Waals surface area contributed by atoms with Crippen molar-refractivity contribution in [1.29, 1.82) is 5.41 Å². The lowest BCUT2D eigenvalue weighted by molar-refractivity contribution is -0.125. The first-order valence-corrected chi connectivity index (χ1v) is 10.8. The van der Waals surface area contributed by atoms with Crippen molar-refractivity contribution in [1.82, 2.24) is 5.43 Å². The number of rotatable bonds is 6. The number of nitrogens with one attached hydrogen (secondary N) is 3. The number of para-hydroxylation sites is 1. The fraction of sp³-hybridized carbons (Fsp3) is 0.125. The van der Waals surface area contributed by atoms with Gasteiger partial charge < -0.3 is 20.7 Å². The van der Waals surface area contributed by atoms with Crippen LogP contribution in [0.25, 0.3) is 0 Å². The van der Waals surface area contributed by atoms with Crippen LogP contribution >= 0.6 is 11.6 Å². The van der Waals surface area contributed by atoms with Crippen LogP contribution in [-0.2, 0) is 9.53 Å². The van der Waals surface area contributed by atoms with Gasteiger partial charge in [0.25, 0.3) is 5.91 Å². The highest BCUT2D eigenvalue weighted by molar-refractivity contribution is 6.34. The predicted molar refractivity (Wildman–Crippen MR) is 133 cm³/mol. The molecule has 0 aromatic heterocycles. The van der Waals surface area contributed by atoms with Crippen LogP contribution in [0.4, 0.5) is 27.5 Å². The summed E-state index contributed by atoms with van der Waals surface area (Å²) < 4.78 is 5.16. The standard InChI is InChI=1S/C24H23ClN6O3/c25-20-14-17(9-10-21(20)30-11-12-34-15-22(30)32)28-24(33)29-31(18-6-2-1-3-7-18)19-8-4-5-16(13-19)23(26)27/h1-10,13-14H,11-12,15H2,(H3,26,27)(H2,28,29,33). The number of nitrogens with two attached hydrogens (primary N) is 1. The highest BCUT2D eigenvalue weighted by Crippen LogP contribution is 2.30. The fourth-order valence-electron chi connectivity index (χ4n) is 3.50. The van der Waals surface area contributed by atoms with Crippen molar-refractivity contribution in [3.05, 3.63) is 83.4 Å². The van der Waals surface area contributed by atoms with Gasteiger partial charge in [-0.1, -0.05) is 41.9 Å². The molecule has 1 aliphatic rings. The number of nitrogen functional groups attached to an aromatic ring is 1. The van der Waals surface area contributed by atoms with Gasteiger partial charge >= 0.3 is 6.03 Å². The van der Waals surface area contributed by atoms with Gasteiger partial charge in [0.15, 0.2) is 0 Å². The Morgan fingerprint density at radius 3 is 2.53 bits per heavy atom. The zero-order valence-electron chi connectivity index (χ0n) is 18.1. The topological polar surface area (TPSA) is 124 Å². The number of amides is 3. The third-order valence-electron chi connectivity index (χ3n) is 5.13. The van der Waals surface area contributed by atoms with Crippen LogP contribution in [-0.4, -0.2) is 37.5 Å². The van der Waals surface area contributed by atoms with Gasteiger partial charge in [-0.3, -0.25) is 15.2 Å². The Morgan fingerprint density at radius 2 is 1.82 bits per heavy atom. The van der Waals surface area contributed by atoms with E-state index in [1.165, 1.54) is 0 Å². The summed E-state index contributed by atoms with van der Waals surface area (Å²) >= 11 is 6.41. The van der Waals surface area contributed by atoms with E-state index in [0.717, 1.165) is 0 Å². The van der Waals surface area contributed by atoms with E-state index in [1.54, 1.807) is 52.4 Å². The van der Waals surface area contributed by atoms with E-state index in [1.807, 2.05) is 30.3 Å². The Hall–Kier alpha value is -4.08. The number of amidine groups is 1. The molecule has 9 nitrogen and oxygen atoms in total. The van der Waals surface area contributed by atoms with Crippen molar-refractivity contribution >= 4 is 52.1 Å². The first-order chi connectivity index (χ1) is 16.4. The van der Waals surface area contributed by atoms with Crippen molar-refractivity contribution in [3.63, 3.8) is 0 Å². The summed E-state index contributed by atoms with van der Waals surface area (Å²) in [5.74, 6) is -0.245. The second kappa shape index (κ2) is 10.2. The summed E-state index contributed by atoms with van der Waals surface area (Å²) in [4.78, 5) is 26.5. The molecule has 0 aliphatic carbocycles. The maximum absolute atomic E-state index is 12.9. The molecule has 1 fully saturated rings. The largest absolute Gasteiger partial charge is 0.384 e. The van der Waals surface area contributed by atoms with Crippen molar-refractivity contribution in [2.24, 2.45) is 5.73 Å². The zero-order chi connectivity index (χ0) is 24.1. The summed E-state index contributed by atoms with van der Waals surface area (Å²) in [7, 11) is 0. The lowest BCUT2D eigenvalue weighted by Gasteiger charge is -2.28. The Kier molecular flexibility index (Phi) is 6.95. The van der Waals surface area contributed by atoms with Crippen LogP contribution < -0.4 is 26.4 Å². The predicted octanol–water partition coefficient (Wildman–Crippen LogP) is 3.86. The van der Waals surface area contributed by atoms with Crippen LogP contribution in [0.5, 0.6) is 0 Å². The number of anilines is 4. The van der Waals surface area contributed by atoms with Crippen LogP contribution in [0.15, 0.2) is 72.8 Å². The van der Waals surface area contributed by atoms with Gasteiger partial charge in [0.1, 0.15) is 12.4 Å². The molecule has 0 atom stereocenters. The number of hydrazine groups is 1. The molecular weight excluding hydrogens is 456 g/mol. The Morgan fingerprint density at radius 1 is 1.06 bits per heavy atom. The SMILES string of the molecule is N=C(N)c1cccc(N(NC(=O)Nc2ccc(N3CCOCC3=O)c(Cl)c2)c2ccccc2)c1. The van der Waals surface area contributed by atoms with Gasteiger partial charge in [0.2, 0.25) is 0 Å². The number of benzene rings is 3. The van der Waals surface area contributed by atoms with Gasteiger partial charge in [-0.15, -0.1) is 0 Å². The van der Waals surface area contributed by atoms with Gasteiger partial charge in [-0.25, -0.2) is 10.2 Å². The lowest BCUT2D eigenvalue weighted by atomic mass is 10.1. The Bertz CT molecular complexity index is 1220. The van der Waals surface area contributed by atoms with E-state index in [2.05, 4.69) is 10.7 Å². The van der Waals surface area contributed by atoms with Crippen molar-refractivity contribution < 1.29 is 14.3 Å². The zero-order valence-corrected chi connectivity index (χ0v) is 18.9. The van der Waals surface area contributed by atoms with Crippen LogP contribution in [0.1, 0.15) is 5.56 Å². The maximum atomic E-state index is 12.9. The van der Waals surface area contributed by atoms with E-state index in [4.69, 9.17) is 27.5 Å². The van der Waals surface area contributed by atoms with Gasteiger partial charge in [0.05, 0.1) is 28.7 Å². The molecule has 1 heterocycles. The maximum Gasteiger partial charge on any atom is 0.338 e. The average molecular weight is 479 g/mol. The van der Waals surface area contributed by atoms with Crippen molar-refractivity contribution in [2.75, 3.05) is 35.0 Å². The highest BCUT2D eigenvalue weighted by atomic mass is 35.5. The quantitative estimate of drug-likeness (QED) is 0.243. The smallest absolute Gasteiger partial charge is 0.338 e. The number of carbonyl (C=O) groups is 2. The summed E-state index contributed by atoms with van der Waals surface area (Å²) in [6.07, 6.45) is 0. The van der Waals surface area contributed by atoms with Crippen molar-refractivity contribution in [3.8, 4) is 0 Å². The van der Waals surface area contributed by atoms with E-state index >= 15 is 0 Å². The summed E-state index contributed by atoms with van der Waals surface area (Å²) in [5, 5.41) is 12.4. The summed E-state index contributed by atoms with van der Waals surface area (Å²) in [6, 6.07) is 20.7. The molecule has 1 aliphatic heterocycles. The third-order valence-corrected chi connectivity index (χ3v) is 5.43. The molecule has 0 saturated carbocycles. The number of hydrogen-bond donors (Lipinski definition) is 4. The van der Waals surface area contributed by atoms with Gasteiger partial charge in [-0.2, -0.15) is 0 Å². The van der Waals surface area contributed by atoms with E-state index in [-0.39, 0.29) is 18.3 Å². The molecule has 0 radical (unpaired) electrons. The minimum Gasteiger partial charge on any atom is -0.384 e. The highest BCUT2D eigenvalue weighted by Gasteiger charge is 2.22. The Labute approximate surface area is 201 Å². The molecule has 0 bridgehead atoms. The van der Waals surface area contributed by atoms with Crippen molar-refractivity contribution in [2.45, 2.75) is 0 Å². The molecule has 5 N–H and O–H groups in total. The van der Waals surface area contributed by atoms with E-state index in [0.29, 0.717) is 46.5 Å². The Balaban J connectivity index is 1.53. The van der Waals surface area contributed by atoms with Gasteiger partial charge in [0, 0.05) is 17.8 Å². The molecule has 1 saturated heterocycles. The summed E-state index contributed by atoms with van der Waals surface area (Å²) in [5.41, 5.74) is 11.3. The minimum absolute atomic E-state index is 0.0128. The summed E-state index contributed by atoms with van der Waals surface area (Å²) in [6.45, 7) is 0.862. The molecule has 3 aromatic carbocycles. The molecule has 3 aromatic rings. The monoisotopic (exact) mass is 478 g/mol. The fourth-order valence-corrected chi connectivity index (χ4v) is 3.79.